The van der Waals surface area contributed by atoms with Gasteiger partial charge in [0.25, 0.3) is 5.91 Å². The molecule has 0 spiro atoms. The third kappa shape index (κ3) is 5.24. The second-order valence-corrected chi connectivity index (χ2v) is 9.91. The van der Waals surface area contributed by atoms with Gasteiger partial charge in [-0.15, -0.1) is 0 Å². The quantitative estimate of drug-likeness (QED) is 0.333. The van der Waals surface area contributed by atoms with Gasteiger partial charge in [-0.05, 0) is 51.4 Å². The van der Waals surface area contributed by atoms with Crippen molar-refractivity contribution in [1.82, 2.24) is 39.7 Å². The maximum Gasteiger partial charge on any atom is 0.251 e. The maximum atomic E-state index is 14.7. The molecule has 1 fully saturated rings. The lowest BCUT2D eigenvalue weighted by molar-refractivity contribution is 0.0940. The maximum absolute atomic E-state index is 14.7. The van der Waals surface area contributed by atoms with Gasteiger partial charge < -0.3 is 16.0 Å². The van der Waals surface area contributed by atoms with E-state index in [0.717, 1.165) is 25.2 Å². The van der Waals surface area contributed by atoms with E-state index in [-0.39, 0.29) is 17.1 Å². The summed E-state index contributed by atoms with van der Waals surface area (Å²) in [6, 6.07) is 4.24. The lowest BCUT2D eigenvalue weighted by Crippen LogP contribution is -2.43. The molecule has 3 N–H and O–H groups in total. The highest BCUT2D eigenvalue weighted by molar-refractivity contribution is 5.96. The van der Waals surface area contributed by atoms with E-state index < -0.39 is 5.82 Å². The smallest absolute Gasteiger partial charge is 0.251 e. The number of aryl methyl sites for hydroxylation is 2. The zero-order valence-corrected chi connectivity index (χ0v) is 21.4. The normalized spacial score (nSPS) is 15.3. The molecule has 0 aliphatic carbocycles. The van der Waals surface area contributed by atoms with E-state index >= 15 is 0 Å². The fourth-order valence-corrected chi connectivity index (χ4v) is 4.68. The number of hydrogen-bond donors (Lipinski definition) is 3. The molecule has 0 unspecified atom stereocenters. The van der Waals surface area contributed by atoms with Crippen LogP contribution in [0.25, 0.3) is 11.0 Å². The molecule has 3 aromatic heterocycles. The van der Waals surface area contributed by atoms with Crippen LogP contribution in [-0.4, -0.2) is 65.5 Å². The number of likely N-dealkylation sites (tertiary alicyclic amines) is 1. The standard InChI is InChI=1S/C25H31FN10O/c1-25(2)8-5-10-36(25)11-9-27-23(37)16-6-7-19(26)20(12-16)31-21-18-14-28-24(32-22(18)35(4)33-21)30-17-13-29-34(3)15-17/h6-7,12-15H,5,8-11H2,1-4H3,(H,27,37)(H,31,33)(H,28,30,32). The molecule has 0 saturated carbocycles. The molecule has 1 aromatic carbocycles. The first kappa shape index (κ1) is 24.6. The van der Waals surface area contributed by atoms with Crippen LogP contribution in [0.4, 0.5) is 27.5 Å². The molecule has 4 aromatic rings. The van der Waals surface area contributed by atoms with Crippen LogP contribution in [0.5, 0.6) is 0 Å². The predicted octanol–water partition coefficient (Wildman–Crippen LogP) is 3.33. The van der Waals surface area contributed by atoms with Crippen molar-refractivity contribution in [1.29, 1.82) is 0 Å². The Hall–Kier alpha value is -4.06. The van der Waals surface area contributed by atoms with Gasteiger partial charge >= 0.3 is 0 Å². The Kier molecular flexibility index (Phi) is 6.50. The first-order valence-electron chi connectivity index (χ1n) is 12.2. The Morgan fingerprint density at radius 1 is 1.19 bits per heavy atom. The lowest BCUT2D eigenvalue weighted by Gasteiger charge is -2.31. The summed E-state index contributed by atoms with van der Waals surface area (Å²) in [5, 5.41) is 18.2. The largest absolute Gasteiger partial charge is 0.351 e. The Morgan fingerprint density at radius 3 is 2.76 bits per heavy atom. The number of amides is 1. The molecular formula is C25H31FN10O. The lowest BCUT2D eigenvalue weighted by atomic mass is 10.0. The van der Waals surface area contributed by atoms with Crippen molar-refractivity contribution in [3.8, 4) is 0 Å². The van der Waals surface area contributed by atoms with E-state index in [4.69, 9.17) is 0 Å². The van der Waals surface area contributed by atoms with Gasteiger partial charge in [0.05, 0.1) is 23.0 Å². The molecule has 0 radical (unpaired) electrons. The summed E-state index contributed by atoms with van der Waals surface area (Å²) in [5.74, 6) is 0.0284. The Balaban J connectivity index is 1.29. The number of nitrogens with zero attached hydrogens (tertiary/aromatic N) is 7. The number of hydrogen-bond acceptors (Lipinski definition) is 8. The van der Waals surface area contributed by atoms with Gasteiger partial charge in [0, 0.05) is 50.7 Å². The minimum Gasteiger partial charge on any atom is -0.351 e. The number of benzene rings is 1. The van der Waals surface area contributed by atoms with Crippen LogP contribution in [0.3, 0.4) is 0 Å². The Labute approximate surface area is 214 Å². The Morgan fingerprint density at radius 2 is 2.03 bits per heavy atom. The zero-order valence-electron chi connectivity index (χ0n) is 21.4. The van der Waals surface area contributed by atoms with Crippen molar-refractivity contribution >= 4 is 40.1 Å². The van der Waals surface area contributed by atoms with Crippen LogP contribution in [0.1, 0.15) is 37.0 Å². The van der Waals surface area contributed by atoms with Gasteiger partial charge in [-0.1, -0.05) is 0 Å². The molecule has 0 bridgehead atoms. The molecule has 1 aliphatic heterocycles. The summed E-state index contributed by atoms with van der Waals surface area (Å²) in [5.41, 5.74) is 1.98. The van der Waals surface area contributed by atoms with Crippen molar-refractivity contribution in [3.63, 3.8) is 0 Å². The minimum absolute atomic E-state index is 0.144. The van der Waals surface area contributed by atoms with Crippen molar-refractivity contribution in [2.24, 2.45) is 14.1 Å². The van der Waals surface area contributed by atoms with Crippen LogP contribution in [0.2, 0.25) is 0 Å². The first-order valence-corrected chi connectivity index (χ1v) is 12.2. The van der Waals surface area contributed by atoms with Crippen LogP contribution >= 0.6 is 0 Å². The van der Waals surface area contributed by atoms with Gasteiger partial charge in [-0.2, -0.15) is 15.2 Å². The number of rotatable bonds is 8. The molecule has 1 saturated heterocycles. The summed E-state index contributed by atoms with van der Waals surface area (Å²) < 4.78 is 17.9. The van der Waals surface area contributed by atoms with Crippen molar-refractivity contribution in [2.45, 2.75) is 32.2 Å². The first-order chi connectivity index (χ1) is 17.7. The molecule has 12 heteroatoms. The summed E-state index contributed by atoms with van der Waals surface area (Å²) >= 11 is 0. The van der Waals surface area contributed by atoms with E-state index in [9.17, 15) is 9.18 Å². The average molecular weight is 507 g/mol. The molecule has 1 aliphatic rings. The Bertz CT molecular complexity index is 1440. The molecule has 37 heavy (non-hydrogen) atoms. The highest BCUT2D eigenvalue weighted by Gasteiger charge is 2.31. The predicted molar refractivity (Wildman–Crippen MR) is 140 cm³/mol. The highest BCUT2D eigenvalue weighted by Crippen LogP contribution is 2.28. The molecular weight excluding hydrogens is 475 g/mol. The van der Waals surface area contributed by atoms with E-state index in [1.54, 1.807) is 28.8 Å². The summed E-state index contributed by atoms with van der Waals surface area (Å²) in [4.78, 5) is 24.0. The molecule has 4 heterocycles. The molecule has 5 rings (SSSR count). The van der Waals surface area contributed by atoms with E-state index in [2.05, 4.69) is 54.9 Å². The monoisotopic (exact) mass is 506 g/mol. The van der Waals surface area contributed by atoms with Crippen LogP contribution in [-0.2, 0) is 14.1 Å². The van der Waals surface area contributed by atoms with Crippen molar-refractivity contribution in [3.05, 3.63) is 48.2 Å². The topological polar surface area (TPSA) is 118 Å². The number of anilines is 4. The minimum atomic E-state index is -0.495. The van der Waals surface area contributed by atoms with E-state index in [1.165, 1.54) is 24.6 Å². The third-order valence-electron chi connectivity index (χ3n) is 6.76. The number of halogens is 1. The highest BCUT2D eigenvalue weighted by atomic mass is 19.1. The second-order valence-electron chi connectivity index (χ2n) is 9.91. The fourth-order valence-electron chi connectivity index (χ4n) is 4.68. The van der Waals surface area contributed by atoms with Crippen molar-refractivity contribution in [2.75, 3.05) is 30.3 Å². The van der Waals surface area contributed by atoms with Gasteiger partial charge in [-0.25, -0.2) is 14.1 Å². The summed E-state index contributed by atoms with van der Waals surface area (Å²) in [6.07, 6.45) is 7.42. The molecule has 0 atom stereocenters. The average Bonchev–Trinajstić information content (AvgIpc) is 3.52. The number of nitrogens with one attached hydrogen (secondary N) is 3. The molecule has 1 amide bonds. The van der Waals surface area contributed by atoms with Crippen molar-refractivity contribution < 1.29 is 9.18 Å². The van der Waals surface area contributed by atoms with Crippen LogP contribution < -0.4 is 16.0 Å². The molecule has 194 valence electrons. The van der Waals surface area contributed by atoms with Crippen LogP contribution in [0, 0.1) is 5.82 Å². The third-order valence-corrected chi connectivity index (χ3v) is 6.76. The zero-order chi connectivity index (χ0) is 26.2. The van der Waals surface area contributed by atoms with Gasteiger partial charge in [-0.3, -0.25) is 14.4 Å². The number of carbonyl (C=O) groups excluding carboxylic acids is 1. The fraction of sp³-hybridized carbons (Fsp3) is 0.400. The molecule has 11 nitrogen and oxygen atoms in total. The van der Waals surface area contributed by atoms with Gasteiger partial charge in [0.2, 0.25) is 5.95 Å². The van der Waals surface area contributed by atoms with Gasteiger partial charge in [0.1, 0.15) is 5.82 Å². The number of fused-ring (bicyclic) bond motifs is 1. The SMILES string of the molecule is Cn1cc(Nc2ncc3c(Nc4cc(C(=O)NCCN5CCCC5(C)C)ccc4F)nn(C)c3n2)cn1. The second kappa shape index (κ2) is 9.77. The van der Waals surface area contributed by atoms with E-state index in [0.29, 0.717) is 34.9 Å². The van der Waals surface area contributed by atoms with Gasteiger partial charge in [0.15, 0.2) is 11.5 Å². The number of carbonyl (C=O) groups is 1. The number of aromatic nitrogens is 6. The van der Waals surface area contributed by atoms with E-state index in [1.807, 2.05) is 13.2 Å². The van der Waals surface area contributed by atoms with Crippen LogP contribution in [0.15, 0.2) is 36.8 Å². The summed E-state index contributed by atoms with van der Waals surface area (Å²) in [7, 11) is 3.57. The summed E-state index contributed by atoms with van der Waals surface area (Å²) in [6.45, 7) is 6.80.